The third-order valence-electron chi connectivity index (χ3n) is 7.03. The number of hydrogen-bond acceptors (Lipinski definition) is 6. The molecule has 3 aromatic rings. The molecule has 34 heavy (non-hydrogen) atoms. The molecule has 0 saturated carbocycles. The fourth-order valence-corrected chi connectivity index (χ4v) is 6.13. The molecule has 1 N–H and O–H groups in total. The second-order valence-electron chi connectivity index (χ2n) is 9.18. The van der Waals surface area contributed by atoms with Gasteiger partial charge in [-0.15, -0.1) is 11.3 Å². The lowest BCUT2D eigenvalue weighted by Crippen LogP contribution is -2.52. The van der Waals surface area contributed by atoms with E-state index in [1.807, 2.05) is 43.3 Å². The lowest BCUT2D eigenvalue weighted by atomic mass is 9.85. The van der Waals surface area contributed by atoms with Crippen molar-refractivity contribution in [3.05, 3.63) is 65.2 Å². The zero-order valence-electron chi connectivity index (χ0n) is 19.7. The van der Waals surface area contributed by atoms with Crippen LogP contribution in [-0.2, 0) is 10.3 Å². The van der Waals surface area contributed by atoms with Gasteiger partial charge in [0.15, 0.2) is 0 Å². The Morgan fingerprint density at radius 1 is 1.03 bits per heavy atom. The summed E-state index contributed by atoms with van der Waals surface area (Å²) in [5.74, 6) is -0.143. The number of hydrogen-bond donors (Lipinski definition) is 1. The average molecular weight is 478 g/mol. The average Bonchev–Trinajstić information content (AvgIpc) is 3.40. The predicted molar refractivity (Wildman–Crippen MR) is 134 cm³/mol. The second-order valence-corrected chi connectivity index (χ2v) is 10.2. The third kappa shape index (κ3) is 4.10. The molecule has 2 atom stereocenters. The van der Waals surface area contributed by atoms with Crippen molar-refractivity contribution in [3.8, 4) is 0 Å². The Labute approximate surface area is 204 Å². The Hall–Kier alpha value is -2.81. The summed E-state index contributed by atoms with van der Waals surface area (Å²) >= 11 is 1.76. The van der Waals surface area contributed by atoms with Crippen LogP contribution in [0, 0.1) is 0 Å². The molecule has 2 saturated heterocycles. The number of imide groups is 1. The molecule has 2 aliphatic heterocycles. The number of para-hydroxylation sites is 1. The highest BCUT2D eigenvalue weighted by Gasteiger charge is 2.52. The SMILES string of the molecule is CCC[C@]1(c2ccccc2)NC(=O)N(CN2CCN([C@@H](C)c3nc4ccccc4s3)CC2)C1=O. The van der Waals surface area contributed by atoms with Crippen molar-refractivity contribution in [1.29, 1.82) is 0 Å². The van der Waals surface area contributed by atoms with Gasteiger partial charge in [0.05, 0.1) is 22.9 Å². The van der Waals surface area contributed by atoms with E-state index < -0.39 is 5.54 Å². The largest absolute Gasteiger partial charge is 0.326 e. The molecule has 0 spiro atoms. The van der Waals surface area contributed by atoms with Gasteiger partial charge in [0.25, 0.3) is 5.91 Å². The monoisotopic (exact) mass is 477 g/mol. The van der Waals surface area contributed by atoms with Gasteiger partial charge in [-0.2, -0.15) is 0 Å². The number of fused-ring (bicyclic) bond motifs is 1. The highest BCUT2D eigenvalue weighted by molar-refractivity contribution is 7.18. The van der Waals surface area contributed by atoms with E-state index in [0.717, 1.165) is 48.7 Å². The van der Waals surface area contributed by atoms with Crippen molar-refractivity contribution in [1.82, 2.24) is 25.0 Å². The number of rotatable bonds is 7. The standard InChI is InChI=1S/C26H31N5O2S/c1-3-13-26(20-9-5-4-6-10-20)24(32)31(25(33)28-26)18-29-14-16-30(17-15-29)19(2)23-27-21-11-7-8-12-22(21)34-23/h4-12,19H,3,13-18H2,1-2H3,(H,28,33)/t19-,26+/m0/s1. The minimum Gasteiger partial charge on any atom is -0.319 e. The molecule has 2 aromatic carbocycles. The third-order valence-corrected chi connectivity index (χ3v) is 8.24. The Kier molecular flexibility index (Phi) is 6.38. The van der Waals surface area contributed by atoms with Gasteiger partial charge in [0, 0.05) is 26.2 Å². The van der Waals surface area contributed by atoms with Gasteiger partial charge in [-0.25, -0.2) is 14.7 Å². The molecule has 3 amide bonds. The minimum atomic E-state index is -0.962. The Balaban J connectivity index is 1.23. The summed E-state index contributed by atoms with van der Waals surface area (Å²) in [6.45, 7) is 7.94. The summed E-state index contributed by atoms with van der Waals surface area (Å²) in [4.78, 5) is 37.3. The van der Waals surface area contributed by atoms with Crippen molar-refractivity contribution >= 4 is 33.5 Å². The number of carbonyl (C=O) groups excluding carboxylic acids is 2. The number of aromatic nitrogens is 1. The Morgan fingerprint density at radius 3 is 2.44 bits per heavy atom. The van der Waals surface area contributed by atoms with E-state index >= 15 is 0 Å². The van der Waals surface area contributed by atoms with Gasteiger partial charge in [-0.3, -0.25) is 14.6 Å². The summed E-state index contributed by atoms with van der Waals surface area (Å²) in [5.41, 5.74) is 0.948. The molecule has 8 heteroatoms. The van der Waals surface area contributed by atoms with E-state index in [1.54, 1.807) is 11.3 Å². The lowest BCUT2D eigenvalue weighted by molar-refractivity contribution is -0.133. The molecule has 0 unspecified atom stereocenters. The summed E-state index contributed by atoms with van der Waals surface area (Å²) in [6.07, 6.45) is 1.39. The van der Waals surface area contributed by atoms with Crippen LogP contribution in [0.3, 0.4) is 0 Å². The normalized spacial score (nSPS) is 22.9. The van der Waals surface area contributed by atoms with Crippen LogP contribution < -0.4 is 5.32 Å². The molecule has 7 nitrogen and oxygen atoms in total. The Morgan fingerprint density at radius 2 is 1.74 bits per heavy atom. The Bertz CT molecular complexity index is 1140. The minimum absolute atomic E-state index is 0.143. The van der Waals surface area contributed by atoms with Crippen molar-refractivity contribution in [2.45, 2.75) is 38.3 Å². The molecule has 0 aliphatic carbocycles. The van der Waals surface area contributed by atoms with Gasteiger partial charge in [-0.1, -0.05) is 55.8 Å². The van der Waals surface area contributed by atoms with E-state index in [9.17, 15) is 9.59 Å². The maximum Gasteiger partial charge on any atom is 0.326 e. The van der Waals surface area contributed by atoms with E-state index in [2.05, 4.69) is 40.2 Å². The van der Waals surface area contributed by atoms with Crippen molar-refractivity contribution in [2.75, 3.05) is 32.8 Å². The number of nitrogens with one attached hydrogen (secondary N) is 1. The van der Waals surface area contributed by atoms with Crippen LogP contribution in [0.2, 0.25) is 0 Å². The predicted octanol–water partition coefficient (Wildman–Crippen LogP) is 4.18. The van der Waals surface area contributed by atoms with E-state index in [1.165, 1.54) is 9.60 Å². The van der Waals surface area contributed by atoms with Crippen LogP contribution in [0.1, 0.15) is 43.3 Å². The number of urea groups is 1. The lowest BCUT2D eigenvalue weighted by Gasteiger charge is -2.38. The van der Waals surface area contributed by atoms with Crippen molar-refractivity contribution in [2.24, 2.45) is 0 Å². The summed E-state index contributed by atoms with van der Waals surface area (Å²) in [5, 5.41) is 4.16. The second kappa shape index (κ2) is 9.44. The topological polar surface area (TPSA) is 68.8 Å². The highest BCUT2D eigenvalue weighted by Crippen LogP contribution is 2.34. The van der Waals surface area contributed by atoms with Crippen LogP contribution in [0.25, 0.3) is 10.2 Å². The van der Waals surface area contributed by atoms with Gasteiger partial charge in [0.1, 0.15) is 10.5 Å². The number of thiazole rings is 1. The molecular weight excluding hydrogens is 446 g/mol. The number of nitrogens with zero attached hydrogens (tertiary/aromatic N) is 4. The maximum absolute atomic E-state index is 13.5. The quantitative estimate of drug-likeness (QED) is 0.517. The number of amides is 3. The molecule has 178 valence electrons. The molecule has 2 fully saturated rings. The highest BCUT2D eigenvalue weighted by atomic mass is 32.1. The van der Waals surface area contributed by atoms with Gasteiger partial charge in [-0.05, 0) is 31.0 Å². The molecule has 5 rings (SSSR count). The first-order valence-corrected chi connectivity index (χ1v) is 12.8. The van der Waals surface area contributed by atoms with Gasteiger partial charge >= 0.3 is 6.03 Å². The molecule has 2 aliphatic rings. The zero-order chi connectivity index (χ0) is 23.7. The number of benzene rings is 2. The van der Waals surface area contributed by atoms with Crippen molar-refractivity contribution in [3.63, 3.8) is 0 Å². The summed E-state index contributed by atoms with van der Waals surface area (Å²) in [7, 11) is 0. The van der Waals surface area contributed by atoms with Crippen LogP contribution in [0.15, 0.2) is 54.6 Å². The van der Waals surface area contributed by atoms with Crippen molar-refractivity contribution < 1.29 is 9.59 Å². The number of carbonyl (C=O) groups is 2. The summed E-state index contributed by atoms with van der Waals surface area (Å²) in [6, 6.07) is 17.8. The fourth-order valence-electron chi connectivity index (χ4n) is 5.08. The zero-order valence-corrected chi connectivity index (χ0v) is 20.6. The summed E-state index contributed by atoms with van der Waals surface area (Å²) < 4.78 is 1.22. The maximum atomic E-state index is 13.5. The van der Waals surface area contributed by atoms with Crippen LogP contribution in [-0.4, -0.2) is 64.5 Å². The van der Waals surface area contributed by atoms with Crippen LogP contribution in [0.5, 0.6) is 0 Å². The first-order valence-electron chi connectivity index (χ1n) is 12.0. The fraction of sp³-hybridized carbons (Fsp3) is 0.423. The number of piperazine rings is 1. The van der Waals surface area contributed by atoms with Crippen LogP contribution >= 0.6 is 11.3 Å². The molecule has 0 radical (unpaired) electrons. The van der Waals surface area contributed by atoms with Gasteiger partial charge in [0.2, 0.25) is 0 Å². The van der Waals surface area contributed by atoms with E-state index in [-0.39, 0.29) is 18.0 Å². The molecular formula is C26H31N5O2S. The smallest absolute Gasteiger partial charge is 0.319 e. The van der Waals surface area contributed by atoms with Gasteiger partial charge < -0.3 is 5.32 Å². The molecule has 1 aromatic heterocycles. The van der Waals surface area contributed by atoms with Crippen LogP contribution in [0.4, 0.5) is 4.79 Å². The molecule has 3 heterocycles. The first kappa shape index (κ1) is 23.0. The molecule has 0 bridgehead atoms. The first-order chi connectivity index (χ1) is 16.5. The van der Waals surface area contributed by atoms with E-state index in [0.29, 0.717) is 13.1 Å². The van der Waals surface area contributed by atoms with E-state index in [4.69, 9.17) is 4.98 Å².